The first kappa shape index (κ1) is 10.2. The summed E-state index contributed by atoms with van der Waals surface area (Å²) in [5.41, 5.74) is 1.65. The first-order chi connectivity index (χ1) is 8.25. The zero-order valence-electron chi connectivity index (χ0n) is 9.44. The van der Waals surface area contributed by atoms with Gasteiger partial charge in [0.25, 0.3) is 0 Å². The molecule has 2 aliphatic heterocycles. The molecule has 4 nitrogen and oxygen atoms in total. The van der Waals surface area contributed by atoms with E-state index in [4.69, 9.17) is 9.47 Å². The number of hydrogen-bond acceptors (Lipinski definition) is 3. The third-order valence-corrected chi connectivity index (χ3v) is 3.11. The molecule has 0 bridgehead atoms. The van der Waals surface area contributed by atoms with Crippen LogP contribution in [-0.4, -0.2) is 24.1 Å². The molecule has 17 heavy (non-hydrogen) atoms. The van der Waals surface area contributed by atoms with Crippen LogP contribution in [0.25, 0.3) is 5.70 Å². The van der Waals surface area contributed by atoms with Crippen LogP contribution < -0.4 is 9.47 Å². The molecule has 1 aromatic rings. The molecule has 4 heteroatoms. The van der Waals surface area contributed by atoms with Crippen molar-refractivity contribution in [1.29, 1.82) is 0 Å². The van der Waals surface area contributed by atoms with Crippen molar-refractivity contribution < 1.29 is 14.3 Å². The first-order valence-corrected chi connectivity index (χ1v) is 5.65. The SMILES string of the molecule is C=C(c1ccc2c(c1)OCO2)N1CCCC1=O. The molecule has 1 saturated heterocycles. The van der Waals surface area contributed by atoms with Gasteiger partial charge in [0.05, 0.1) is 0 Å². The van der Waals surface area contributed by atoms with E-state index in [1.165, 1.54) is 0 Å². The molecule has 3 rings (SSSR count). The smallest absolute Gasteiger partial charge is 0.231 e. The minimum atomic E-state index is 0.146. The predicted octanol–water partition coefficient (Wildman–Crippen LogP) is 2.01. The summed E-state index contributed by atoms with van der Waals surface area (Å²) in [5, 5.41) is 0. The molecule has 0 radical (unpaired) electrons. The second kappa shape index (κ2) is 3.80. The highest BCUT2D eigenvalue weighted by Crippen LogP contribution is 2.35. The minimum absolute atomic E-state index is 0.146. The predicted molar refractivity (Wildman–Crippen MR) is 62.5 cm³/mol. The summed E-state index contributed by atoms with van der Waals surface area (Å²) in [4.78, 5) is 13.4. The molecule has 2 heterocycles. The van der Waals surface area contributed by atoms with Crippen molar-refractivity contribution in [2.45, 2.75) is 12.8 Å². The molecule has 0 aliphatic carbocycles. The number of carbonyl (C=O) groups is 1. The number of hydrogen-bond donors (Lipinski definition) is 0. The molecule has 0 N–H and O–H groups in total. The van der Waals surface area contributed by atoms with E-state index in [0.29, 0.717) is 6.42 Å². The van der Waals surface area contributed by atoms with E-state index in [1.54, 1.807) is 4.90 Å². The maximum Gasteiger partial charge on any atom is 0.231 e. The van der Waals surface area contributed by atoms with E-state index in [9.17, 15) is 4.79 Å². The van der Waals surface area contributed by atoms with E-state index in [0.717, 1.165) is 35.7 Å². The van der Waals surface area contributed by atoms with Crippen molar-refractivity contribution in [3.63, 3.8) is 0 Å². The highest BCUT2D eigenvalue weighted by atomic mass is 16.7. The molecule has 1 amide bonds. The van der Waals surface area contributed by atoms with Crippen LogP contribution in [0.5, 0.6) is 11.5 Å². The van der Waals surface area contributed by atoms with Gasteiger partial charge < -0.3 is 14.4 Å². The summed E-state index contributed by atoms with van der Waals surface area (Å²) < 4.78 is 10.6. The molecular weight excluding hydrogens is 218 g/mol. The molecular formula is C13H13NO3. The maximum atomic E-state index is 11.6. The molecule has 88 valence electrons. The van der Waals surface area contributed by atoms with Gasteiger partial charge in [0.2, 0.25) is 12.7 Å². The lowest BCUT2D eigenvalue weighted by Gasteiger charge is -2.18. The standard InChI is InChI=1S/C13H13NO3/c1-9(14-6-2-3-13(14)15)10-4-5-11-12(7-10)17-8-16-11/h4-5,7H,1-3,6,8H2. The summed E-state index contributed by atoms with van der Waals surface area (Å²) in [5.74, 6) is 1.61. The number of fused-ring (bicyclic) bond motifs is 1. The van der Waals surface area contributed by atoms with Crippen molar-refractivity contribution in [3.05, 3.63) is 30.3 Å². The lowest BCUT2D eigenvalue weighted by Crippen LogP contribution is -2.22. The maximum absolute atomic E-state index is 11.6. The molecule has 0 atom stereocenters. The number of nitrogens with zero attached hydrogens (tertiary/aromatic N) is 1. The second-order valence-corrected chi connectivity index (χ2v) is 4.16. The number of likely N-dealkylation sites (tertiary alicyclic amines) is 1. The normalized spacial score (nSPS) is 17.6. The van der Waals surface area contributed by atoms with E-state index in [2.05, 4.69) is 6.58 Å². The van der Waals surface area contributed by atoms with Gasteiger partial charge in [0.1, 0.15) is 0 Å². The summed E-state index contributed by atoms with van der Waals surface area (Å²) in [6, 6.07) is 5.63. The Hall–Kier alpha value is -1.97. The Morgan fingerprint density at radius 1 is 1.29 bits per heavy atom. The Labute approximate surface area is 99.4 Å². The topological polar surface area (TPSA) is 38.8 Å². The molecule has 0 aromatic heterocycles. The van der Waals surface area contributed by atoms with Gasteiger partial charge in [-0.25, -0.2) is 0 Å². The van der Waals surface area contributed by atoms with Gasteiger partial charge in [0, 0.05) is 24.2 Å². The summed E-state index contributed by atoms with van der Waals surface area (Å²) in [6.07, 6.45) is 1.52. The van der Waals surface area contributed by atoms with Gasteiger partial charge in [-0.1, -0.05) is 6.58 Å². The van der Waals surface area contributed by atoms with Crippen LogP contribution in [0.1, 0.15) is 18.4 Å². The van der Waals surface area contributed by atoms with Gasteiger partial charge in [0.15, 0.2) is 11.5 Å². The molecule has 0 saturated carbocycles. The highest BCUT2D eigenvalue weighted by molar-refractivity contribution is 5.88. The molecule has 1 fully saturated rings. The number of ether oxygens (including phenoxy) is 2. The summed E-state index contributed by atoms with van der Waals surface area (Å²) in [7, 11) is 0. The number of benzene rings is 1. The van der Waals surface area contributed by atoms with Crippen molar-refractivity contribution in [2.75, 3.05) is 13.3 Å². The van der Waals surface area contributed by atoms with Crippen molar-refractivity contribution in [2.24, 2.45) is 0 Å². The zero-order chi connectivity index (χ0) is 11.8. The number of rotatable bonds is 2. The van der Waals surface area contributed by atoms with Gasteiger partial charge >= 0.3 is 0 Å². The van der Waals surface area contributed by atoms with Crippen LogP contribution in [0.3, 0.4) is 0 Å². The van der Waals surface area contributed by atoms with E-state index in [-0.39, 0.29) is 12.7 Å². The lowest BCUT2D eigenvalue weighted by molar-refractivity contribution is -0.124. The van der Waals surface area contributed by atoms with Gasteiger partial charge in [-0.15, -0.1) is 0 Å². The third-order valence-electron chi connectivity index (χ3n) is 3.11. The monoisotopic (exact) mass is 231 g/mol. The fourth-order valence-corrected chi connectivity index (χ4v) is 2.17. The van der Waals surface area contributed by atoms with Crippen molar-refractivity contribution in [1.82, 2.24) is 4.90 Å². The van der Waals surface area contributed by atoms with Crippen LogP contribution in [0.15, 0.2) is 24.8 Å². The fraction of sp³-hybridized carbons (Fsp3) is 0.308. The Kier molecular flexibility index (Phi) is 2.28. The van der Waals surface area contributed by atoms with Gasteiger partial charge in [-0.3, -0.25) is 4.79 Å². The minimum Gasteiger partial charge on any atom is -0.454 e. The quantitative estimate of drug-likeness (QED) is 0.781. The number of amides is 1. The molecule has 0 unspecified atom stereocenters. The Morgan fingerprint density at radius 3 is 2.88 bits per heavy atom. The van der Waals surface area contributed by atoms with Crippen LogP contribution >= 0.6 is 0 Å². The summed E-state index contributed by atoms with van der Waals surface area (Å²) in [6.45, 7) is 5.01. The van der Waals surface area contributed by atoms with E-state index in [1.807, 2.05) is 18.2 Å². The van der Waals surface area contributed by atoms with Gasteiger partial charge in [-0.05, 0) is 24.6 Å². The Balaban J connectivity index is 1.89. The van der Waals surface area contributed by atoms with Crippen LogP contribution in [0, 0.1) is 0 Å². The molecule has 2 aliphatic rings. The summed E-state index contributed by atoms with van der Waals surface area (Å²) >= 11 is 0. The Morgan fingerprint density at radius 2 is 2.12 bits per heavy atom. The van der Waals surface area contributed by atoms with E-state index >= 15 is 0 Å². The lowest BCUT2D eigenvalue weighted by atomic mass is 10.1. The largest absolute Gasteiger partial charge is 0.454 e. The highest BCUT2D eigenvalue weighted by Gasteiger charge is 2.24. The molecule has 1 aromatic carbocycles. The second-order valence-electron chi connectivity index (χ2n) is 4.16. The van der Waals surface area contributed by atoms with Gasteiger partial charge in [-0.2, -0.15) is 0 Å². The van der Waals surface area contributed by atoms with E-state index < -0.39 is 0 Å². The zero-order valence-corrected chi connectivity index (χ0v) is 9.44. The van der Waals surface area contributed by atoms with Crippen LogP contribution in [0.2, 0.25) is 0 Å². The van der Waals surface area contributed by atoms with Crippen molar-refractivity contribution in [3.8, 4) is 11.5 Å². The average Bonchev–Trinajstić information content (AvgIpc) is 2.95. The number of carbonyl (C=O) groups excluding carboxylic acids is 1. The molecule has 0 spiro atoms. The van der Waals surface area contributed by atoms with Crippen LogP contribution in [0.4, 0.5) is 0 Å². The van der Waals surface area contributed by atoms with Crippen molar-refractivity contribution >= 4 is 11.6 Å². The average molecular weight is 231 g/mol. The fourth-order valence-electron chi connectivity index (χ4n) is 2.17. The Bertz CT molecular complexity index is 495. The first-order valence-electron chi connectivity index (χ1n) is 5.65. The van der Waals surface area contributed by atoms with Crippen LogP contribution in [-0.2, 0) is 4.79 Å². The third kappa shape index (κ3) is 1.65.